The number of hydrogen-bond donors (Lipinski definition) is 1. The van der Waals surface area contributed by atoms with Crippen molar-refractivity contribution in [2.75, 3.05) is 0 Å². The van der Waals surface area contributed by atoms with Crippen molar-refractivity contribution in [2.24, 2.45) is 5.73 Å². The van der Waals surface area contributed by atoms with E-state index < -0.39 is 0 Å². The van der Waals surface area contributed by atoms with Gasteiger partial charge in [0.15, 0.2) is 0 Å². The molecule has 1 atom stereocenters. The molecule has 2 aromatic rings. The molecule has 2 aromatic heterocycles. The number of rotatable bonds is 3. The van der Waals surface area contributed by atoms with Gasteiger partial charge in [-0.15, -0.1) is 11.3 Å². The van der Waals surface area contributed by atoms with E-state index in [0.717, 1.165) is 16.5 Å². The van der Waals surface area contributed by atoms with Gasteiger partial charge in [-0.2, -0.15) is 0 Å². The van der Waals surface area contributed by atoms with E-state index in [-0.39, 0.29) is 6.04 Å². The topological polar surface area (TPSA) is 38.9 Å². The maximum absolute atomic E-state index is 6.11. The molecule has 0 aliphatic rings. The highest BCUT2D eigenvalue weighted by atomic mass is 79.9. The highest BCUT2D eigenvalue weighted by molar-refractivity contribution is 9.10. The van der Waals surface area contributed by atoms with E-state index in [0.29, 0.717) is 0 Å². The Morgan fingerprint density at radius 2 is 2.07 bits per heavy atom. The van der Waals surface area contributed by atoms with Gasteiger partial charge in [0.05, 0.1) is 0 Å². The van der Waals surface area contributed by atoms with Gasteiger partial charge in [-0.05, 0) is 45.1 Å². The zero-order valence-corrected chi connectivity index (χ0v) is 10.5. The van der Waals surface area contributed by atoms with Crippen LogP contribution in [0.3, 0.4) is 0 Å². The second kappa shape index (κ2) is 4.88. The van der Waals surface area contributed by atoms with Gasteiger partial charge in [0, 0.05) is 34.2 Å². The number of nitrogens with zero attached hydrogens (tertiary/aromatic N) is 1. The average Bonchev–Trinajstić information content (AvgIpc) is 2.66. The lowest BCUT2D eigenvalue weighted by atomic mass is 10.1. The van der Waals surface area contributed by atoms with Crippen molar-refractivity contribution in [3.05, 3.63) is 50.9 Å². The summed E-state index contributed by atoms with van der Waals surface area (Å²) in [5.41, 5.74) is 7.24. The predicted molar refractivity (Wildman–Crippen MR) is 66.9 cm³/mol. The molecule has 15 heavy (non-hydrogen) atoms. The van der Waals surface area contributed by atoms with Crippen LogP contribution in [0.15, 0.2) is 40.4 Å². The zero-order valence-electron chi connectivity index (χ0n) is 8.06. The minimum atomic E-state index is 0.0444. The average molecular weight is 283 g/mol. The summed E-state index contributed by atoms with van der Waals surface area (Å²) >= 11 is 5.24. The molecule has 4 heteroatoms. The maximum atomic E-state index is 6.11. The molecular formula is C11H11BrN2S. The van der Waals surface area contributed by atoms with Gasteiger partial charge < -0.3 is 5.73 Å². The molecule has 1 unspecified atom stereocenters. The lowest BCUT2D eigenvalue weighted by molar-refractivity contribution is 0.727. The van der Waals surface area contributed by atoms with Crippen molar-refractivity contribution < 1.29 is 0 Å². The van der Waals surface area contributed by atoms with Crippen molar-refractivity contribution in [3.8, 4) is 0 Å². The van der Waals surface area contributed by atoms with Crippen LogP contribution in [0.4, 0.5) is 0 Å². The number of thiophene rings is 1. The summed E-state index contributed by atoms with van der Waals surface area (Å²) < 4.78 is 1.15. The number of pyridine rings is 1. The van der Waals surface area contributed by atoms with Gasteiger partial charge >= 0.3 is 0 Å². The van der Waals surface area contributed by atoms with E-state index in [1.165, 1.54) is 4.88 Å². The van der Waals surface area contributed by atoms with Gasteiger partial charge in [-0.3, -0.25) is 4.98 Å². The summed E-state index contributed by atoms with van der Waals surface area (Å²) in [6.45, 7) is 0. The highest BCUT2D eigenvalue weighted by Gasteiger charge is 2.09. The summed E-state index contributed by atoms with van der Waals surface area (Å²) in [4.78, 5) is 5.27. The van der Waals surface area contributed by atoms with Gasteiger partial charge in [0.25, 0.3) is 0 Å². The third-order valence-corrected chi connectivity index (χ3v) is 4.18. The minimum Gasteiger partial charge on any atom is -0.324 e. The summed E-state index contributed by atoms with van der Waals surface area (Å²) in [5, 5.41) is 2.07. The van der Waals surface area contributed by atoms with Crippen LogP contribution in [0.25, 0.3) is 0 Å². The van der Waals surface area contributed by atoms with Crippen LogP contribution in [-0.2, 0) is 6.42 Å². The number of halogens is 1. The van der Waals surface area contributed by atoms with Gasteiger partial charge in [-0.25, -0.2) is 0 Å². The van der Waals surface area contributed by atoms with E-state index in [1.54, 1.807) is 23.7 Å². The number of nitrogens with two attached hydrogens (primary N) is 1. The first kappa shape index (κ1) is 10.8. The van der Waals surface area contributed by atoms with Crippen LogP contribution in [-0.4, -0.2) is 4.98 Å². The molecule has 0 aliphatic heterocycles. The molecule has 2 rings (SSSR count). The lowest BCUT2D eigenvalue weighted by Gasteiger charge is -2.10. The van der Waals surface area contributed by atoms with Crippen molar-refractivity contribution in [2.45, 2.75) is 12.5 Å². The van der Waals surface area contributed by atoms with Crippen molar-refractivity contribution in [3.63, 3.8) is 0 Å². The largest absolute Gasteiger partial charge is 0.324 e. The monoisotopic (exact) mass is 282 g/mol. The van der Waals surface area contributed by atoms with Gasteiger partial charge in [0.2, 0.25) is 0 Å². The van der Waals surface area contributed by atoms with Crippen molar-refractivity contribution in [1.82, 2.24) is 4.98 Å². The Labute approximate surface area is 101 Å². The molecule has 2 N–H and O–H groups in total. The van der Waals surface area contributed by atoms with E-state index in [4.69, 9.17) is 5.73 Å². The van der Waals surface area contributed by atoms with Crippen LogP contribution in [0.1, 0.15) is 16.5 Å². The molecule has 78 valence electrons. The molecule has 0 spiro atoms. The van der Waals surface area contributed by atoms with E-state index >= 15 is 0 Å². The summed E-state index contributed by atoms with van der Waals surface area (Å²) in [6, 6.07) is 6.03. The van der Waals surface area contributed by atoms with Gasteiger partial charge in [-0.1, -0.05) is 0 Å². The fourth-order valence-corrected chi connectivity index (χ4v) is 2.97. The van der Waals surface area contributed by atoms with Crippen molar-refractivity contribution >= 4 is 27.3 Å². The number of aromatic nitrogens is 1. The fourth-order valence-electron chi connectivity index (χ4n) is 1.40. The second-order valence-corrected chi connectivity index (χ2v) is 5.14. The normalized spacial score (nSPS) is 12.7. The molecular weight excluding hydrogens is 272 g/mol. The van der Waals surface area contributed by atoms with E-state index in [2.05, 4.69) is 32.4 Å². The standard InChI is InChI=1S/C11H11BrN2S/c12-9-3-6-15-11(9)7-10(13)8-1-4-14-5-2-8/h1-6,10H,7,13H2. The molecule has 0 saturated carbocycles. The van der Waals surface area contributed by atoms with Crippen LogP contribution < -0.4 is 5.73 Å². The Hall–Kier alpha value is -0.710. The first-order valence-electron chi connectivity index (χ1n) is 4.65. The summed E-state index contributed by atoms with van der Waals surface area (Å²) in [5.74, 6) is 0. The van der Waals surface area contributed by atoms with E-state index in [9.17, 15) is 0 Å². The molecule has 2 heterocycles. The predicted octanol–water partition coefficient (Wildman–Crippen LogP) is 3.15. The first-order chi connectivity index (χ1) is 7.27. The van der Waals surface area contributed by atoms with E-state index in [1.807, 2.05) is 12.1 Å². The summed E-state index contributed by atoms with van der Waals surface area (Å²) in [6.07, 6.45) is 4.42. The minimum absolute atomic E-state index is 0.0444. The SMILES string of the molecule is NC(Cc1sccc1Br)c1ccncc1. The molecule has 0 amide bonds. The third kappa shape index (κ3) is 2.65. The number of hydrogen-bond acceptors (Lipinski definition) is 3. The summed E-state index contributed by atoms with van der Waals surface area (Å²) in [7, 11) is 0. The highest BCUT2D eigenvalue weighted by Crippen LogP contribution is 2.26. The quantitative estimate of drug-likeness (QED) is 0.939. The molecule has 0 bridgehead atoms. The van der Waals surface area contributed by atoms with Crippen LogP contribution >= 0.6 is 27.3 Å². The Balaban J connectivity index is 2.11. The Morgan fingerprint density at radius 1 is 1.33 bits per heavy atom. The Kier molecular flexibility index (Phi) is 3.51. The second-order valence-electron chi connectivity index (χ2n) is 3.28. The van der Waals surface area contributed by atoms with Crippen LogP contribution in [0.2, 0.25) is 0 Å². The Bertz CT molecular complexity index is 427. The first-order valence-corrected chi connectivity index (χ1v) is 6.32. The van der Waals surface area contributed by atoms with Crippen LogP contribution in [0.5, 0.6) is 0 Å². The maximum Gasteiger partial charge on any atom is 0.0345 e. The molecule has 0 saturated heterocycles. The molecule has 0 fully saturated rings. The zero-order chi connectivity index (χ0) is 10.7. The molecule has 2 nitrogen and oxygen atoms in total. The fraction of sp³-hybridized carbons (Fsp3) is 0.182. The molecule has 0 aliphatic carbocycles. The van der Waals surface area contributed by atoms with Gasteiger partial charge in [0.1, 0.15) is 0 Å². The van der Waals surface area contributed by atoms with Crippen molar-refractivity contribution in [1.29, 1.82) is 0 Å². The third-order valence-electron chi connectivity index (χ3n) is 2.23. The Morgan fingerprint density at radius 3 is 2.67 bits per heavy atom. The van der Waals surface area contributed by atoms with Crippen LogP contribution in [0, 0.1) is 0 Å². The molecule has 0 radical (unpaired) electrons. The lowest BCUT2D eigenvalue weighted by Crippen LogP contribution is -2.12. The smallest absolute Gasteiger partial charge is 0.0345 e. The molecule has 0 aromatic carbocycles.